The summed E-state index contributed by atoms with van der Waals surface area (Å²) in [6.07, 6.45) is 5.47. The van der Waals surface area contributed by atoms with E-state index in [2.05, 4.69) is 0 Å². The summed E-state index contributed by atoms with van der Waals surface area (Å²) in [5.74, 6) is 0.799. The average Bonchev–Trinajstić information content (AvgIpc) is 1.95. The topological polar surface area (TPSA) is 46.2 Å². The van der Waals surface area contributed by atoms with Crippen LogP contribution in [0.1, 0.15) is 32.1 Å². The third-order valence-corrected chi connectivity index (χ3v) is 2.39. The van der Waals surface area contributed by atoms with Gasteiger partial charge in [-0.05, 0) is 44.6 Å². The van der Waals surface area contributed by atoms with Crippen molar-refractivity contribution in [3.05, 3.63) is 0 Å². The molecule has 1 saturated carbocycles. The predicted molar refractivity (Wildman–Crippen MR) is 41.6 cm³/mol. The zero-order valence-electron chi connectivity index (χ0n) is 6.42. The molecule has 0 unspecified atom stereocenters. The van der Waals surface area contributed by atoms with Gasteiger partial charge in [0.1, 0.15) is 0 Å². The van der Waals surface area contributed by atoms with E-state index in [0.29, 0.717) is 0 Å². The van der Waals surface area contributed by atoms with Crippen LogP contribution >= 0.6 is 0 Å². The van der Waals surface area contributed by atoms with Gasteiger partial charge in [0.05, 0.1) is 6.10 Å². The summed E-state index contributed by atoms with van der Waals surface area (Å²) in [7, 11) is 0. The van der Waals surface area contributed by atoms with Crippen molar-refractivity contribution < 1.29 is 5.11 Å². The Bertz CT molecular complexity index is 87.3. The highest BCUT2D eigenvalue weighted by Gasteiger charge is 2.17. The van der Waals surface area contributed by atoms with Gasteiger partial charge in [-0.1, -0.05) is 0 Å². The van der Waals surface area contributed by atoms with Gasteiger partial charge < -0.3 is 10.8 Å². The molecule has 10 heavy (non-hydrogen) atoms. The maximum atomic E-state index is 9.16. The van der Waals surface area contributed by atoms with Gasteiger partial charge in [0, 0.05) is 0 Å². The summed E-state index contributed by atoms with van der Waals surface area (Å²) in [5.41, 5.74) is 5.43. The van der Waals surface area contributed by atoms with Gasteiger partial charge in [-0.2, -0.15) is 0 Å². The second kappa shape index (κ2) is 3.94. The largest absolute Gasteiger partial charge is 0.393 e. The highest BCUT2D eigenvalue weighted by molar-refractivity contribution is 4.71. The van der Waals surface area contributed by atoms with Crippen LogP contribution in [0.15, 0.2) is 0 Å². The van der Waals surface area contributed by atoms with Crippen molar-refractivity contribution in [3.8, 4) is 0 Å². The van der Waals surface area contributed by atoms with Crippen LogP contribution in [0.25, 0.3) is 0 Å². The Morgan fingerprint density at radius 1 is 1.20 bits per heavy atom. The van der Waals surface area contributed by atoms with E-state index in [4.69, 9.17) is 10.8 Å². The van der Waals surface area contributed by atoms with E-state index < -0.39 is 0 Å². The number of aliphatic hydroxyl groups is 1. The maximum Gasteiger partial charge on any atom is 0.0540 e. The van der Waals surface area contributed by atoms with Gasteiger partial charge in [0.25, 0.3) is 0 Å². The lowest BCUT2D eigenvalue weighted by Crippen LogP contribution is -2.20. The molecule has 0 saturated heterocycles. The first-order valence-corrected chi connectivity index (χ1v) is 4.21. The van der Waals surface area contributed by atoms with Gasteiger partial charge in [-0.3, -0.25) is 0 Å². The molecule has 2 nitrogen and oxygen atoms in total. The van der Waals surface area contributed by atoms with Gasteiger partial charge in [0.2, 0.25) is 0 Å². The molecule has 0 amide bonds. The second-order valence-corrected chi connectivity index (χ2v) is 3.25. The van der Waals surface area contributed by atoms with Gasteiger partial charge >= 0.3 is 0 Å². The molecular weight excluding hydrogens is 126 g/mol. The van der Waals surface area contributed by atoms with Crippen molar-refractivity contribution in [2.24, 2.45) is 11.7 Å². The van der Waals surface area contributed by atoms with Crippen molar-refractivity contribution in [1.29, 1.82) is 0 Å². The zero-order chi connectivity index (χ0) is 7.40. The molecular formula is C8H17NO. The Balaban J connectivity index is 2.13. The SMILES string of the molecule is NCCC1CCC(O)CC1. The summed E-state index contributed by atoms with van der Waals surface area (Å²) in [4.78, 5) is 0. The normalized spacial score (nSPS) is 34.2. The van der Waals surface area contributed by atoms with E-state index in [1.807, 2.05) is 0 Å². The quantitative estimate of drug-likeness (QED) is 0.603. The second-order valence-electron chi connectivity index (χ2n) is 3.25. The fourth-order valence-corrected chi connectivity index (χ4v) is 1.67. The van der Waals surface area contributed by atoms with E-state index in [-0.39, 0.29) is 6.10 Å². The maximum absolute atomic E-state index is 9.16. The Morgan fingerprint density at radius 2 is 1.80 bits per heavy atom. The minimum atomic E-state index is -0.0194. The van der Waals surface area contributed by atoms with Crippen molar-refractivity contribution in [2.75, 3.05) is 6.54 Å². The summed E-state index contributed by atoms with van der Waals surface area (Å²) < 4.78 is 0. The highest BCUT2D eigenvalue weighted by Crippen LogP contribution is 2.25. The van der Waals surface area contributed by atoms with Crippen LogP contribution in [-0.2, 0) is 0 Å². The van der Waals surface area contributed by atoms with Crippen LogP contribution in [0.2, 0.25) is 0 Å². The fourth-order valence-electron chi connectivity index (χ4n) is 1.67. The number of hydrogen-bond acceptors (Lipinski definition) is 2. The van der Waals surface area contributed by atoms with Crippen LogP contribution in [0.5, 0.6) is 0 Å². The minimum absolute atomic E-state index is 0.0194. The number of hydrogen-bond donors (Lipinski definition) is 2. The van der Waals surface area contributed by atoms with Crippen molar-refractivity contribution in [2.45, 2.75) is 38.2 Å². The smallest absolute Gasteiger partial charge is 0.0540 e. The molecule has 0 spiro atoms. The zero-order valence-corrected chi connectivity index (χ0v) is 6.42. The average molecular weight is 143 g/mol. The predicted octanol–water partition coefficient (Wildman–Crippen LogP) is 0.886. The lowest BCUT2D eigenvalue weighted by atomic mass is 9.85. The van der Waals surface area contributed by atoms with Gasteiger partial charge in [0.15, 0.2) is 0 Å². The summed E-state index contributed by atoms with van der Waals surface area (Å²) >= 11 is 0. The first-order valence-electron chi connectivity index (χ1n) is 4.21. The molecule has 1 aliphatic carbocycles. The monoisotopic (exact) mass is 143 g/mol. The van der Waals surface area contributed by atoms with E-state index >= 15 is 0 Å². The summed E-state index contributed by atoms with van der Waals surface area (Å²) in [6.45, 7) is 0.806. The lowest BCUT2D eigenvalue weighted by molar-refractivity contribution is 0.107. The summed E-state index contributed by atoms with van der Waals surface area (Å²) in [6, 6.07) is 0. The van der Waals surface area contributed by atoms with Crippen LogP contribution < -0.4 is 5.73 Å². The summed E-state index contributed by atoms with van der Waals surface area (Å²) in [5, 5.41) is 9.16. The van der Waals surface area contributed by atoms with E-state index in [0.717, 1.165) is 31.7 Å². The molecule has 1 fully saturated rings. The lowest BCUT2D eigenvalue weighted by Gasteiger charge is -2.24. The molecule has 60 valence electrons. The number of aliphatic hydroxyl groups excluding tert-OH is 1. The molecule has 3 N–H and O–H groups in total. The standard InChI is InChI=1S/C8H17NO/c9-6-5-7-1-3-8(10)4-2-7/h7-8,10H,1-6,9H2. The molecule has 0 radical (unpaired) electrons. The molecule has 0 aromatic heterocycles. The molecule has 1 aliphatic rings. The van der Waals surface area contributed by atoms with Crippen LogP contribution in [0.3, 0.4) is 0 Å². The van der Waals surface area contributed by atoms with Crippen molar-refractivity contribution in [1.82, 2.24) is 0 Å². The van der Waals surface area contributed by atoms with Crippen molar-refractivity contribution in [3.63, 3.8) is 0 Å². The minimum Gasteiger partial charge on any atom is -0.393 e. The molecule has 0 bridgehead atoms. The first-order chi connectivity index (χ1) is 4.83. The van der Waals surface area contributed by atoms with Crippen LogP contribution in [-0.4, -0.2) is 17.8 Å². The molecule has 0 aliphatic heterocycles. The molecule has 2 heteroatoms. The van der Waals surface area contributed by atoms with E-state index in [9.17, 15) is 0 Å². The van der Waals surface area contributed by atoms with Crippen molar-refractivity contribution >= 4 is 0 Å². The first kappa shape index (κ1) is 8.02. The van der Waals surface area contributed by atoms with Crippen LogP contribution in [0.4, 0.5) is 0 Å². The molecule has 1 rings (SSSR count). The van der Waals surface area contributed by atoms with Gasteiger partial charge in [-0.25, -0.2) is 0 Å². The highest BCUT2D eigenvalue weighted by atomic mass is 16.3. The molecule has 0 atom stereocenters. The molecule has 0 aromatic carbocycles. The Morgan fingerprint density at radius 3 is 2.30 bits per heavy atom. The number of nitrogens with two attached hydrogens (primary N) is 1. The molecule has 0 heterocycles. The van der Waals surface area contributed by atoms with E-state index in [1.54, 1.807) is 0 Å². The third-order valence-electron chi connectivity index (χ3n) is 2.39. The Labute approximate surface area is 62.4 Å². The Hall–Kier alpha value is -0.0800. The number of rotatable bonds is 2. The molecule has 0 aromatic rings. The Kier molecular flexibility index (Phi) is 3.16. The fraction of sp³-hybridized carbons (Fsp3) is 1.00. The van der Waals surface area contributed by atoms with Crippen LogP contribution in [0, 0.1) is 5.92 Å². The van der Waals surface area contributed by atoms with Gasteiger partial charge in [-0.15, -0.1) is 0 Å². The third kappa shape index (κ3) is 2.27. The van der Waals surface area contributed by atoms with E-state index in [1.165, 1.54) is 12.8 Å².